The van der Waals surface area contributed by atoms with Crippen molar-refractivity contribution in [2.24, 2.45) is 0 Å². The molecule has 8 aromatic carbocycles. The van der Waals surface area contributed by atoms with Gasteiger partial charge in [-0.2, -0.15) is 0 Å². The van der Waals surface area contributed by atoms with E-state index in [1.807, 2.05) is 0 Å². The van der Waals surface area contributed by atoms with E-state index in [-0.39, 0.29) is 5.41 Å². The highest BCUT2D eigenvalue weighted by atomic mass is 15.1. The molecule has 8 rings (SSSR count). The van der Waals surface area contributed by atoms with Crippen molar-refractivity contribution in [2.75, 3.05) is 4.90 Å². The maximum absolute atomic E-state index is 2.43. The number of hydrogen-bond donors (Lipinski definition) is 0. The molecule has 1 heteroatoms. The Balaban J connectivity index is 1.36. The fraction of sp³-hybridized carbons (Fsp3) is 0.0833. The molecule has 0 saturated heterocycles. The minimum atomic E-state index is 0.0618. The van der Waals surface area contributed by atoms with Gasteiger partial charge in [0.2, 0.25) is 0 Å². The summed E-state index contributed by atoms with van der Waals surface area (Å²) in [6, 6.07) is 66.3. The Morgan fingerprint density at radius 2 is 0.959 bits per heavy atom. The third-order valence-corrected chi connectivity index (χ3v) is 9.62. The molecule has 0 atom stereocenters. The average molecular weight is 630 g/mol. The molecule has 0 bridgehead atoms. The first-order chi connectivity index (χ1) is 24.0. The van der Waals surface area contributed by atoms with E-state index >= 15 is 0 Å². The molecule has 0 aromatic heterocycles. The zero-order chi connectivity index (χ0) is 33.4. The van der Waals surface area contributed by atoms with Crippen LogP contribution in [0, 0.1) is 0 Å². The van der Waals surface area contributed by atoms with Gasteiger partial charge < -0.3 is 4.90 Å². The molecule has 0 aliphatic heterocycles. The average Bonchev–Trinajstić information content (AvgIpc) is 3.15. The van der Waals surface area contributed by atoms with E-state index in [0.29, 0.717) is 0 Å². The number of para-hydroxylation sites is 1. The predicted octanol–water partition coefficient (Wildman–Crippen LogP) is 13.8. The van der Waals surface area contributed by atoms with Gasteiger partial charge in [-0.05, 0) is 90.7 Å². The van der Waals surface area contributed by atoms with Crippen LogP contribution in [0.5, 0.6) is 0 Å². The van der Waals surface area contributed by atoms with Gasteiger partial charge in [-0.25, -0.2) is 0 Å². The van der Waals surface area contributed by atoms with Gasteiger partial charge in [-0.1, -0.05) is 172 Å². The number of nitrogens with zero attached hydrogens (tertiary/aromatic N) is 1. The minimum Gasteiger partial charge on any atom is -0.310 e. The Bertz CT molecular complexity index is 2400. The third-order valence-electron chi connectivity index (χ3n) is 9.62. The summed E-state index contributed by atoms with van der Waals surface area (Å²) in [7, 11) is 0. The van der Waals surface area contributed by atoms with Gasteiger partial charge in [0.05, 0.1) is 5.69 Å². The van der Waals surface area contributed by atoms with Gasteiger partial charge in [0.1, 0.15) is 0 Å². The quantitative estimate of drug-likeness (QED) is 0.177. The lowest BCUT2D eigenvalue weighted by Gasteiger charge is -2.29. The maximum Gasteiger partial charge on any atom is 0.0540 e. The smallest absolute Gasteiger partial charge is 0.0540 e. The lowest BCUT2D eigenvalue weighted by atomic mass is 9.87. The van der Waals surface area contributed by atoms with Crippen LogP contribution in [0.2, 0.25) is 0 Å². The fourth-order valence-electron chi connectivity index (χ4n) is 7.15. The standard InChI is InChI=1S/C48H39N/c1-48(2,3)38-29-31-39(32-30-38)49(40-22-11-21-37(33-40)42-25-12-18-34-17-7-8-23-41(34)42)46-28-10-9-24-44(46)45-27-14-20-36-19-13-26-43(47(36)45)35-15-5-4-6-16-35/h4-33H,1-3H3. The van der Waals surface area contributed by atoms with Gasteiger partial charge in [-0.3, -0.25) is 0 Å². The predicted molar refractivity (Wildman–Crippen MR) is 211 cm³/mol. The topological polar surface area (TPSA) is 3.24 Å². The zero-order valence-electron chi connectivity index (χ0n) is 28.3. The Labute approximate surface area is 289 Å². The molecular formula is C48H39N. The van der Waals surface area contributed by atoms with Crippen molar-refractivity contribution in [1.82, 2.24) is 0 Å². The first-order valence-electron chi connectivity index (χ1n) is 17.1. The molecule has 0 heterocycles. The summed E-state index contributed by atoms with van der Waals surface area (Å²) in [5, 5.41) is 4.99. The van der Waals surface area contributed by atoms with Crippen LogP contribution in [0.1, 0.15) is 26.3 Å². The molecule has 0 radical (unpaired) electrons. The van der Waals surface area contributed by atoms with Crippen LogP contribution in [-0.4, -0.2) is 0 Å². The first kappa shape index (κ1) is 30.4. The Kier molecular flexibility index (Phi) is 7.82. The molecule has 236 valence electrons. The highest BCUT2D eigenvalue weighted by Gasteiger charge is 2.21. The van der Waals surface area contributed by atoms with Gasteiger partial charge in [-0.15, -0.1) is 0 Å². The summed E-state index contributed by atoms with van der Waals surface area (Å²) < 4.78 is 0. The summed E-state index contributed by atoms with van der Waals surface area (Å²) in [6.07, 6.45) is 0. The summed E-state index contributed by atoms with van der Waals surface area (Å²) in [5.41, 5.74) is 12.0. The van der Waals surface area contributed by atoms with E-state index < -0.39 is 0 Å². The van der Waals surface area contributed by atoms with E-state index in [9.17, 15) is 0 Å². The van der Waals surface area contributed by atoms with Crippen molar-refractivity contribution in [1.29, 1.82) is 0 Å². The number of anilines is 3. The Morgan fingerprint density at radius 3 is 1.73 bits per heavy atom. The van der Waals surface area contributed by atoms with E-state index in [1.54, 1.807) is 0 Å². The lowest BCUT2D eigenvalue weighted by Crippen LogP contribution is -2.14. The molecule has 0 aliphatic carbocycles. The summed E-state index contributed by atoms with van der Waals surface area (Å²) in [5.74, 6) is 0. The van der Waals surface area contributed by atoms with E-state index in [1.165, 1.54) is 60.5 Å². The highest BCUT2D eigenvalue weighted by Crippen LogP contribution is 2.45. The monoisotopic (exact) mass is 629 g/mol. The van der Waals surface area contributed by atoms with E-state index in [0.717, 1.165) is 17.1 Å². The van der Waals surface area contributed by atoms with Crippen molar-refractivity contribution >= 4 is 38.6 Å². The normalized spacial score (nSPS) is 11.6. The van der Waals surface area contributed by atoms with Crippen LogP contribution in [0.25, 0.3) is 54.9 Å². The third kappa shape index (κ3) is 5.79. The van der Waals surface area contributed by atoms with Crippen LogP contribution in [0.3, 0.4) is 0 Å². The van der Waals surface area contributed by atoms with Crippen molar-refractivity contribution in [3.63, 3.8) is 0 Å². The molecule has 0 aliphatic rings. The van der Waals surface area contributed by atoms with Crippen LogP contribution in [-0.2, 0) is 5.41 Å². The maximum atomic E-state index is 2.43. The molecule has 0 fully saturated rings. The molecule has 0 unspecified atom stereocenters. The van der Waals surface area contributed by atoms with Crippen molar-refractivity contribution in [3.05, 3.63) is 188 Å². The highest BCUT2D eigenvalue weighted by molar-refractivity contribution is 6.09. The zero-order valence-corrected chi connectivity index (χ0v) is 28.3. The van der Waals surface area contributed by atoms with Gasteiger partial charge in [0.15, 0.2) is 0 Å². The van der Waals surface area contributed by atoms with E-state index in [4.69, 9.17) is 0 Å². The lowest BCUT2D eigenvalue weighted by molar-refractivity contribution is 0.590. The summed E-state index contributed by atoms with van der Waals surface area (Å²) >= 11 is 0. The molecule has 0 spiro atoms. The van der Waals surface area contributed by atoms with Gasteiger partial charge >= 0.3 is 0 Å². The number of rotatable bonds is 6. The van der Waals surface area contributed by atoms with Crippen LogP contribution < -0.4 is 4.90 Å². The van der Waals surface area contributed by atoms with Crippen molar-refractivity contribution in [3.8, 4) is 33.4 Å². The van der Waals surface area contributed by atoms with Gasteiger partial charge in [0.25, 0.3) is 0 Å². The molecule has 0 N–H and O–H groups in total. The second-order valence-electron chi connectivity index (χ2n) is 13.8. The Hall–Kier alpha value is -5.92. The molecule has 0 saturated carbocycles. The SMILES string of the molecule is CC(C)(C)c1ccc(N(c2cccc(-c3cccc4ccccc34)c2)c2ccccc2-c2cccc3cccc(-c4ccccc4)c23)cc1. The molecular weight excluding hydrogens is 591 g/mol. The van der Waals surface area contributed by atoms with Gasteiger partial charge in [0, 0.05) is 16.9 Å². The molecule has 49 heavy (non-hydrogen) atoms. The summed E-state index contributed by atoms with van der Waals surface area (Å²) in [6.45, 7) is 6.81. The number of hydrogen-bond acceptors (Lipinski definition) is 1. The second kappa shape index (κ2) is 12.6. The number of fused-ring (bicyclic) bond motifs is 2. The molecule has 1 nitrogen and oxygen atoms in total. The fourth-order valence-corrected chi connectivity index (χ4v) is 7.15. The van der Waals surface area contributed by atoms with Crippen molar-refractivity contribution < 1.29 is 0 Å². The summed E-state index contributed by atoms with van der Waals surface area (Å²) in [4.78, 5) is 2.43. The molecule has 8 aromatic rings. The van der Waals surface area contributed by atoms with Crippen LogP contribution in [0.15, 0.2) is 182 Å². The largest absolute Gasteiger partial charge is 0.310 e. The Morgan fingerprint density at radius 1 is 0.388 bits per heavy atom. The van der Waals surface area contributed by atoms with E-state index in [2.05, 4.69) is 208 Å². The van der Waals surface area contributed by atoms with Crippen molar-refractivity contribution in [2.45, 2.75) is 26.2 Å². The second-order valence-corrected chi connectivity index (χ2v) is 13.8. The molecule has 0 amide bonds. The number of benzene rings is 8. The first-order valence-corrected chi connectivity index (χ1v) is 17.1. The minimum absolute atomic E-state index is 0.0618. The van der Waals surface area contributed by atoms with Crippen LogP contribution in [0.4, 0.5) is 17.1 Å². The van der Waals surface area contributed by atoms with Crippen LogP contribution >= 0.6 is 0 Å².